The van der Waals surface area contributed by atoms with E-state index < -0.39 is 5.91 Å². The molecule has 23 heavy (non-hydrogen) atoms. The summed E-state index contributed by atoms with van der Waals surface area (Å²) in [4.78, 5) is 24.0. The van der Waals surface area contributed by atoms with E-state index in [1.165, 1.54) is 12.3 Å². The topological polar surface area (TPSA) is 94.6 Å². The maximum atomic E-state index is 12.4. The van der Waals surface area contributed by atoms with Crippen LogP contribution in [0.1, 0.15) is 46.7 Å². The Morgan fingerprint density at radius 2 is 2.00 bits per heavy atom. The minimum atomic E-state index is -0.636. The molecule has 6 nitrogen and oxygen atoms in total. The third kappa shape index (κ3) is 3.91. The van der Waals surface area contributed by atoms with Gasteiger partial charge in [-0.05, 0) is 37.6 Å². The van der Waals surface area contributed by atoms with Crippen molar-refractivity contribution in [3.63, 3.8) is 0 Å². The number of aryl methyl sites for hydroxylation is 1. The van der Waals surface area contributed by atoms with E-state index in [1.807, 2.05) is 13.8 Å². The molecule has 6 heteroatoms. The van der Waals surface area contributed by atoms with Gasteiger partial charge in [-0.25, -0.2) is 0 Å². The number of furan rings is 1. The van der Waals surface area contributed by atoms with Crippen molar-refractivity contribution >= 4 is 17.5 Å². The lowest BCUT2D eigenvalue weighted by Crippen LogP contribution is -2.19. The van der Waals surface area contributed by atoms with Crippen molar-refractivity contribution in [1.82, 2.24) is 0 Å². The SMILES string of the molecule is CCCc1occc1C(=O)Nc1ccc(OCC)cc1C(N)=O. The van der Waals surface area contributed by atoms with Crippen LogP contribution in [-0.2, 0) is 6.42 Å². The van der Waals surface area contributed by atoms with Crippen LogP contribution >= 0.6 is 0 Å². The van der Waals surface area contributed by atoms with Crippen molar-refractivity contribution in [3.8, 4) is 5.75 Å². The lowest BCUT2D eigenvalue weighted by atomic mass is 10.1. The van der Waals surface area contributed by atoms with E-state index in [4.69, 9.17) is 14.9 Å². The summed E-state index contributed by atoms with van der Waals surface area (Å²) < 4.78 is 10.7. The van der Waals surface area contributed by atoms with Crippen LogP contribution in [0.15, 0.2) is 34.9 Å². The zero-order valence-corrected chi connectivity index (χ0v) is 13.2. The quantitative estimate of drug-likeness (QED) is 0.821. The van der Waals surface area contributed by atoms with Gasteiger partial charge < -0.3 is 20.2 Å². The van der Waals surface area contributed by atoms with Crippen LogP contribution in [-0.4, -0.2) is 18.4 Å². The number of amides is 2. The first-order valence-corrected chi connectivity index (χ1v) is 7.51. The highest BCUT2D eigenvalue weighted by molar-refractivity contribution is 6.09. The van der Waals surface area contributed by atoms with E-state index in [2.05, 4.69) is 5.32 Å². The number of benzene rings is 1. The number of ether oxygens (including phenoxy) is 1. The largest absolute Gasteiger partial charge is 0.494 e. The molecule has 2 amide bonds. The molecule has 2 aromatic rings. The second-order valence-electron chi connectivity index (χ2n) is 4.97. The molecule has 0 fully saturated rings. The molecule has 0 radical (unpaired) electrons. The van der Waals surface area contributed by atoms with Gasteiger partial charge in [0, 0.05) is 6.42 Å². The fourth-order valence-electron chi connectivity index (χ4n) is 2.25. The van der Waals surface area contributed by atoms with Crippen LogP contribution in [0.25, 0.3) is 0 Å². The fourth-order valence-corrected chi connectivity index (χ4v) is 2.25. The summed E-state index contributed by atoms with van der Waals surface area (Å²) in [5.74, 6) is 0.169. The predicted molar refractivity (Wildman–Crippen MR) is 86.8 cm³/mol. The number of carbonyl (C=O) groups excluding carboxylic acids is 2. The molecule has 0 aliphatic rings. The molecular weight excluding hydrogens is 296 g/mol. The maximum absolute atomic E-state index is 12.4. The van der Waals surface area contributed by atoms with Crippen LogP contribution in [0.5, 0.6) is 5.75 Å². The second kappa shape index (κ2) is 7.49. The lowest BCUT2D eigenvalue weighted by Gasteiger charge is -2.11. The monoisotopic (exact) mass is 316 g/mol. The van der Waals surface area contributed by atoms with Gasteiger partial charge in [0.25, 0.3) is 11.8 Å². The predicted octanol–water partition coefficient (Wildman–Crippen LogP) is 2.98. The molecule has 1 heterocycles. The Morgan fingerprint density at radius 1 is 1.22 bits per heavy atom. The van der Waals surface area contributed by atoms with E-state index in [-0.39, 0.29) is 11.5 Å². The number of nitrogens with two attached hydrogens (primary N) is 1. The molecular formula is C17H20N2O4. The maximum Gasteiger partial charge on any atom is 0.259 e. The van der Waals surface area contributed by atoms with E-state index in [0.717, 1.165) is 6.42 Å². The Morgan fingerprint density at radius 3 is 2.65 bits per heavy atom. The summed E-state index contributed by atoms with van der Waals surface area (Å²) >= 11 is 0. The van der Waals surface area contributed by atoms with E-state index in [0.29, 0.717) is 35.8 Å². The summed E-state index contributed by atoms with van der Waals surface area (Å²) in [6.07, 6.45) is 3.01. The van der Waals surface area contributed by atoms with Crippen molar-refractivity contribution < 1.29 is 18.7 Å². The van der Waals surface area contributed by atoms with Crippen molar-refractivity contribution in [2.75, 3.05) is 11.9 Å². The van der Waals surface area contributed by atoms with Gasteiger partial charge in [-0.1, -0.05) is 6.92 Å². The number of anilines is 1. The molecule has 0 unspecified atom stereocenters. The summed E-state index contributed by atoms with van der Waals surface area (Å²) in [6.45, 7) is 4.31. The van der Waals surface area contributed by atoms with Gasteiger partial charge in [0.15, 0.2) is 0 Å². The van der Waals surface area contributed by atoms with Gasteiger partial charge in [0.05, 0.1) is 29.7 Å². The zero-order valence-electron chi connectivity index (χ0n) is 13.2. The summed E-state index contributed by atoms with van der Waals surface area (Å²) in [5.41, 5.74) is 6.38. The van der Waals surface area contributed by atoms with Gasteiger partial charge >= 0.3 is 0 Å². The molecule has 3 N–H and O–H groups in total. The van der Waals surface area contributed by atoms with Gasteiger partial charge in [-0.15, -0.1) is 0 Å². The number of hydrogen-bond donors (Lipinski definition) is 2. The average molecular weight is 316 g/mol. The third-order valence-electron chi connectivity index (χ3n) is 3.28. The van der Waals surface area contributed by atoms with Crippen molar-refractivity contribution in [2.45, 2.75) is 26.7 Å². The molecule has 0 spiro atoms. The molecule has 1 aromatic heterocycles. The number of nitrogens with one attached hydrogen (secondary N) is 1. The Labute approximate surface area is 134 Å². The minimum Gasteiger partial charge on any atom is -0.494 e. The zero-order chi connectivity index (χ0) is 16.8. The summed E-state index contributed by atoms with van der Waals surface area (Å²) in [5, 5.41) is 2.71. The second-order valence-corrected chi connectivity index (χ2v) is 4.97. The smallest absolute Gasteiger partial charge is 0.259 e. The normalized spacial score (nSPS) is 10.3. The van der Waals surface area contributed by atoms with Crippen molar-refractivity contribution in [3.05, 3.63) is 47.4 Å². The van der Waals surface area contributed by atoms with Gasteiger partial charge in [-0.2, -0.15) is 0 Å². The summed E-state index contributed by atoms with van der Waals surface area (Å²) in [7, 11) is 0. The Bertz CT molecular complexity index is 706. The highest BCUT2D eigenvalue weighted by Gasteiger charge is 2.17. The van der Waals surface area contributed by atoms with Gasteiger partial charge in [0.1, 0.15) is 11.5 Å². The van der Waals surface area contributed by atoms with Crippen molar-refractivity contribution in [2.24, 2.45) is 5.73 Å². The molecule has 0 saturated heterocycles. The van der Waals surface area contributed by atoms with E-state index in [9.17, 15) is 9.59 Å². The minimum absolute atomic E-state index is 0.199. The number of carbonyl (C=O) groups is 2. The highest BCUT2D eigenvalue weighted by atomic mass is 16.5. The highest BCUT2D eigenvalue weighted by Crippen LogP contribution is 2.23. The van der Waals surface area contributed by atoms with Crippen LogP contribution in [0.4, 0.5) is 5.69 Å². The van der Waals surface area contributed by atoms with Crippen LogP contribution in [0.2, 0.25) is 0 Å². The molecule has 122 valence electrons. The van der Waals surface area contributed by atoms with E-state index >= 15 is 0 Å². The Hall–Kier alpha value is -2.76. The molecule has 1 aromatic carbocycles. The molecule has 0 atom stereocenters. The standard InChI is InChI=1S/C17H20N2O4/c1-3-5-15-12(8-9-23-15)17(21)19-14-7-6-11(22-4-2)10-13(14)16(18)20/h6-10H,3-5H2,1-2H3,(H2,18,20)(H,19,21). The first-order valence-electron chi connectivity index (χ1n) is 7.51. The Balaban J connectivity index is 2.26. The molecule has 0 bridgehead atoms. The van der Waals surface area contributed by atoms with Crippen LogP contribution in [0.3, 0.4) is 0 Å². The van der Waals surface area contributed by atoms with Crippen LogP contribution < -0.4 is 15.8 Å². The summed E-state index contributed by atoms with van der Waals surface area (Å²) in [6, 6.07) is 6.40. The van der Waals surface area contributed by atoms with Gasteiger partial charge in [-0.3, -0.25) is 9.59 Å². The third-order valence-corrected chi connectivity index (χ3v) is 3.28. The lowest BCUT2D eigenvalue weighted by molar-refractivity contribution is 0.100. The number of primary amides is 1. The van der Waals surface area contributed by atoms with Gasteiger partial charge in [0.2, 0.25) is 0 Å². The molecule has 0 aliphatic heterocycles. The molecule has 0 aliphatic carbocycles. The molecule has 0 saturated carbocycles. The number of hydrogen-bond acceptors (Lipinski definition) is 4. The van der Waals surface area contributed by atoms with E-state index in [1.54, 1.807) is 18.2 Å². The fraction of sp³-hybridized carbons (Fsp3) is 0.294. The number of rotatable bonds is 7. The van der Waals surface area contributed by atoms with Crippen LogP contribution in [0, 0.1) is 0 Å². The first kappa shape index (κ1) is 16.6. The average Bonchev–Trinajstić information content (AvgIpc) is 2.97. The van der Waals surface area contributed by atoms with Crippen molar-refractivity contribution in [1.29, 1.82) is 0 Å². The Kier molecular flexibility index (Phi) is 5.41. The first-order chi connectivity index (χ1) is 11.1. The molecule has 2 rings (SSSR count).